The Hall–Kier alpha value is -4.29. The number of hydrogen-bond donors (Lipinski definition) is 0. The molecule has 0 aliphatic heterocycles. The average Bonchev–Trinajstić information content (AvgIpc) is 2.96. The van der Waals surface area contributed by atoms with Gasteiger partial charge in [-0.25, -0.2) is 27.7 Å². The summed E-state index contributed by atoms with van der Waals surface area (Å²) >= 11 is 0. The van der Waals surface area contributed by atoms with Crippen molar-refractivity contribution in [1.82, 2.24) is 19.9 Å². The molecule has 0 radical (unpaired) electrons. The van der Waals surface area contributed by atoms with Crippen LogP contribution in [0, 0.1) is 0 Å². The van der Waals surface area contributed by atoms with Crippen LogP contribution in [-0.4, -0.2) is 59.8 Å². The summed E-state index contributed by atoms with van der Waals surface area (Å²) in [6, 6.07) is 16.8. The van der Waals surface area contributed by atoms with Crippen molar-refractivity contribution in [2.75, 3.05) is 24.6 Å². The number of aromatic nitrogens is 4. The summed E-state index contributed by atoms with van der Waals surface area (Å²) in [7, 11) is -2.68. The maximum atomic E-state index is 14.3. The molecule has 0 fully saturated rings. The van der Waals surface area contributed by atoms with Crippen molar-refractivity contribution in [3.05, 3.63) is 73.1 Å². The van der Waals surface area contributed by atoms with Gasteiger partial charge >= 0.3 is 0 Å². The molecule has 0 saturated carbocycles. The van der Waals surface area contributed by atoms with E-state index < -0.39 is 21.2 Å². The van der Waals surface area contributed by atoms with Crippen molar-refractivity contribution < 1.29 is 27.4 Å². The lowest BCUT2D eigenvalue weighted by Gasteiger charge is -2.36. The van der Waals surface area contributed by atoms with Crippen molar-refractivity contribution in [3.63, 3.8) is 0 Å². The number of methoxy groups -OCH3 is 1. The molecule has 0 amide bonds. The zero-order valence-electron chi connectivity index (χ0n) is 25.4. The first kappa shape index (κ1) is 31.6. The highest BCUT2D eigenvalue weighted by Crippen LogP contribution is 2.45. The van der Waals surface area contributed by atoms with Crippen molar-refractivity contribution in [3.8, 4) is 34.8 Å². The van der Waals surface area contributed by atoms with E-state index in [4.69, 9.17) is 23.9 Å². The predicted octanol–water partition coefficient (Wildman–Crippen LogP) is 5.92. The Kier molecular flexibility index (Phi) is 9.51. The number of sulfonamides is 1. The van der Waals surface area contributed by atoms with Crippen molar-refractivity contribution >= 4 is 15.8 Å². The fourth-order valence-corrected chi connectivity index (χ4v) is 5.83. The van der Waals surface area contributed by atoms with Crippen LogP contribution in [0.5, 0.6) is 23.1 Å². The highest BCUT2D eigenvalue weighted by molar-refractivity contribution is 7.92. The Balaban J connectivity index is 2.00. The molecule has 0 bridgehead atoms. The van der Waals surface area contributed by atoms with E-state index in [1.54, 1.807) is 81.7 Å². The first-order chi connectivity index (χ1) is 20.3. The molecule has 2 aromatic heterocycles. The largest absolute Gasteiger partial charge is 0.493 e. The van der Waals surface area contributed by atoms with Gasteiger partial charge in [-0.1, -0.05) is 30.3 Å². The van der Waals surface area contributed by atoms with E-state index >= 15 is 0 Å². The lowest BCUT2D eigenvalue weighted by atomic mass is 10.1. The molecule has 4 rings (SSSR count). The lowest BCUT2D eigenvalue weighted by Crippen LogP contribution is -2.46. The Morgan fingerprint density at radius 1 is 0.767 bits per heavy atom. The Morgan fingerprint density at radius 3 is 2.00 bits per heavy atom. The average molecular weight is 608 g/mol. The van der Waals surface area contributed by atoms with Crippen LogP contribution in [-0.2, 0) is 14.8 Å². The van der Waals surface area contributed by atoms with Crippen LogP contribution < -0.4 is 18.5 Å². The highest BCUT2D eigenvalue weighted by Gasteiger charge is 2.40. The lowest BCUT2D eigenvalue weighted by molar-refractivity contribution is -0.0170. The van der Waals surface area contributed by atoms with Crippen molar-refractivity contribution in [1.29, 1.82) is 0 Å². The van der Waals surface area contributed by atoms with Gasteiger partial charge < -0.3 is 18.9 Å². The molecule has 0 N–H and O–H groups in total. The molecule has 228 valence electrons. The van der Waals surface area contributed by atoms with Crippen LogP contribution >= 0.6 is 0 Å². The first-order valence-electron chi connectivity index (χ1n) is 13.7. The second-order valence-electron chi connectivity index (χ2n) is 11.4. The molecule has 0 spiro atoms. The minimum atomic E-state index is -4.19. The van der Waals surface area contributed by atoms with Crippen LogP contribution in [0.25, 0.3) is 11.6 Å². The minimum absolute atomic E-state index is 0.0200. The highest BCUT2D eigenvalue weighted by atomic mass is 32.2. The Morgan fingerprint density at radius 2 is 1.40 bits per heavy atom. The number of ether oxygens (including phenoxy) is 4. The summed E-state index contributed by atoms with van der Waals surface area (Å²) < 4.78 is 53.8. The standard InChI is InChI=1S/C31H37N5O6S/c1-30(2,3)36(43(37,38)22-14-9-8-10-15-22)28-25(42-24-17-12-11-16-23(24)39-7)29(40-20-21-41-31(4,5)6)35-27(34-28)26-32-18-13-19-33-26/h8-19H,20-21H2,1-7H3. The Labute approximate surface area is 252 Å². The second-order valence-corrected chi connectivity index (χ2v) is 13.2. The maximum absolute atomic E-state index is 14.3. The molecule has 11 nitrogen and oxygen atoms in total. The van der Waals surface area contributed by atoms with E-state index in [9.17, 15) is 8.42 Å². The monoisotopic (exact) mass is 607 g/mol. The van der Waals surface area contributed by atoms with Crippen LogP contribution in [0.3, 0.4) is 0 Å². The van der Waals surface area contributed by atoms with E-state index in [1.807, 2.05) is 20.8 Å². The summed E-state index contributed by atoms with van der Waals surface area (Å²) in [5.74, 6) is 0.829. The normalized spacial score (nSPS) is 12.1. The molecule has 0 aliphatic carbocycles. The van der Waals surface area contributed by atoms with Crippen molar-refractivity contribution in [2.24, 2.45) is 0 Å². The molecule has 0 unspecified atom stereocenters. The van der Waals surface area contributed by atoms with E-state index in [1.165, 1.54) is 23.5 Å². The predicted molar refractivity (Wildman–Crippen MR) is 163 cm³/mol. The van der Waals surface area contributed by atoms with Gasteiger partial charge in [0.1, 0.15) is 6.61 Å². The second kappa shape index (κ2) is 12.9. The molecular formula is C31H37N5O6S. The number of hydrogen-bond acceptors (Lipinski definition) is 10. The van der Waals surface area contributed by atoms with Gasteiger partial charge in [-0.2, -0.15) is 4.98 Å². The topological polar surface area (TPSA) is 126 Å². The number of para-hydroxylation sites is 2. The zero-order chi connectivity index (χ0) is 31.3. The number of nitrogens with zero attached hydrogens (tertiary/aromatic N) is 5. The number of benzene rings is 2. The molecule has 12 heteroatoms. The molecule has 4 aromatic rings. The quantitative estimate of drug-likeness (QED) is 0.190. The van der Waals surface area contributed by atoms with Gasteiger partial charge in [0.05, 0.1) is 24.2 Å². The zero-order valence-corrected chi connectivity index (χ0v) is 26.3. The minimum Gasteiger partial charge on any atom is -0.493 e. The van der Waals surface area contributed by atoms with Gasteiger partial charge in [-0.05, 0) is 71.9 Å². The summed E-state index contributed by atoms with van der Waals surface area (Å²) in [4.78, 5) is 18.0. The fraction of sp³-hybridized carbons (Fsp3) is 0.355. The SMILES string of the molecule is COc1ccccc1Oc1c(OCCOC(C)(C)C)nc(-c2ncccn2)nc1N(C(C)(C)C)S(=O)(=O)c1ccccc1. The van der Waals surface area contributed by atoms with E-state index in [-0.39, 0.29) is 47.2 Å². The fourth-order valence-electron chi connectivity index (χ4n) is 4.05. The van der Waals surface area contributed by atoms with Gasteiger partial charge in [0.15, 0.2) is 23.1 Å². The van der Waals surface area contributed by atoms with Crippen LogP contribution in [0.4, 0.5) is 5.82 Å². The van der Waals surface area contributed by atoms with E-state index in [0.717, 1.165) is 0 Å². The maximum Gasteiger partial charge on any atom is 0.266 e. The van der Waals surface area contributed by atoms with E-state index in [0.29, 0.717) is 11.5 Å². The van der Waals surface area contributed by atoms with Gasteiger partial charge in [-0.3, -0.25) is 0 Å². The van der Waals surface area contributed by atoms with Gasteiger partial charge in [0.2, 0.25) is 11.6 Å². The Bertz CT molecular complexity index is 1620. The number of rotatable bonds is 11. The molecular weight excluding hydrogens is 570 g/mol. The third kappa shape index (κ3) is 7.76. The van der Waals surface area contributed by atoms with Gasteiger partial charge in [-0.15, -0.1) is 0 Å². The van der Waals surface area contributed by atoms with Gasteiger partial charge in [0.25, 0.3) is 15.9 Å². The summed E-state index contributed by atoms with van der Waals surface area (Å²) in [6.07, 6.45) is 3.09. The smallest absolute Gasteiger partial charge is 0.266 e. The molecule has 0 atom stereocenters. The molecule has 2 heterocycles. The molecule has 43 heavy (non-hydrogen) atoms. The van der Waals surface area contributed by atoms with E-state index in [2.05, 4.69) is 15.0 Å². The molecule has 0 aliphatic rings. The third-order valence-electron chi connectivity index (χ3n) is 5.80. The van der Waals surface area contributed by atoms with Crippen LogP contribution in [0.15, 0.2) is 78.0 Å². The van der Waals surface area contributed by atoms with Crippen molar-refractivity contribution in [2.45, 2.75) is 57.6 Å². The van der Waals surface area contributed by atoms with Crippen LogP contribution in [0.2, 0.25) is 0 Å². The molecule has 0 saturated heterocycles. The summed E-state index contributed by atoms with van der Waals surface area (Å²) in [6.45, 7) is 11.4. The third-order valence-corrected chi connectivity index (χ3v) is 7.87. The first-order valence-corrected chi connectivity index (χ1v) is 15.1. The molecule has 2 aromatic carbocycles. The number of anilines is 1. The summed E-state index contributed by atoms with van der Waals surface area (Å²) in [5.41, 5.74) is -1.42. The van der Waals surface area contributed by atoms with Crippen LogP contribution in [0.1, 0.15) is 41.5 Å². The summed E-state index contributed by atoms with van der Waals surface area (Å²) in [5, 5.41) is 0. The van der Waals surface area contributed by atoms with Gasteiger partial charge in [0, 0.05) is 17.9 Å².